The van der Waals surface area contributed by atoms with E-state index in [9.17, 15) is 8.42 Å². The van der Waals surface area contributed by atoms with Gasteiger partial charge in [-0.05, 0) is 53.5 Å². The Kier molecular flexibility index (Phi) is 6.84. The SMILES string of the molecule is COc1cc(NS(=O)(=O)c2c(C(C)C)cc(C(C)C)cc2C(C)C)c2nc(C)ccc2c1. The summed E-state index contributed by atoms with van der Waals surface area (Å²) in [6.45, 7) is 14.3. The van der Waals surface area contributed by atoms with Crippen molar-refractivity contribution in [3.05, 3.63) is 58.8 Å². The first-order valence-electron chi connectivity index (χ1n) is 11.1. The summed E-state index contributed by atoms with van der Waals surface area (Å²) in [6.07, 6.45) is 0. The summed E-state index contributed by atoms with van der Waals surface area (Å²) in [6, 6.07) is 11.5. The Bertz CT molecular complexity index is 1220. The van der Waals surface area contributed by atoms with Gasteiger partial charge < -0.3 is 4.74 Å². The molecular weight excluding hydrogens is 420 g/mol. The Morgan fingerprint density at radius 3 is 1.97 bits per heavy atom. The average molecular weight is 455 g/mol. The standard InChI is InChI=1S/C26H34N2O3S/c1-15(2)20-12-22(16(3)4)26(23(13-20)17(5)6)32(29,30)28-24-14-21(31-8)11-19-10-9-18(7)27-25(19)24/h9-17,28H,1-8H3. The van der Waals surface area contributed by atoms with E-state index < -0.39 is 10.0 Å². The molecule has 1 aromatic heterocycles. The zero-order chi connectivity index (χ0) is 23.8. The molecule has 3 rings (SSSR count). The van der Waals surface area contributed by atoms with Gasteiger partial charge in [-0.25, -0.2) is 8.42 Å². The highest BCUT2D eigenvalue weighted by Gasteiger charge is 2.28. The highest BCUT2D eigenvalue weighted by atomic mass is 32.2. The van der Waals surface area contributed by atoms with Gasteiger partial charge in [0, 0.05) is 17.1 Å². The van der Waals surface area contributed by atoms with Gasteiger partial charge in [-0.3, -0.25) is 9.71 Å². The van der Waals surface area contributed by atoms with Crippen LogP contribution in [0.4, 0.5) is 5.69 Å². The molecule has 0 amide bonds. The van der Waals surface area contributed by atoms with Gasteiger partial charge in [-0.1, -0.05) is 59.7 Å². The zero-order valence-corrected chi connectivity index (χ0v) is 21.1. The van der Waals surface area contributed by atoms with Crippen LogP contribution in [0, 0.1) is 6.92 Å². The Balaban J connectivity index is 2.27. The van der Waals surface area contributed by atoms with Gasteiger partial charge in [0.25, 0.3) is 10.0 Å². The van der Waals surface area contributed by atoms with Crippen LogP contribution in [0.2, 0.25) is 0 Å². The number of anilines is 1. The zero-order valence-electron chi connectivity index (χ0n) is 20.3. The van der Waals surface area contributed by atoms with Gasteiger partial charge in [0.2, 0.25) is 0 Å². The quantitative estimate of drug-likeness (QED) is 0.430. The van der Waals surface area contributed by atoms with Crippen molar-refractivity contribution >= 4 is 26.6 Å². The predicted octanol–water partition coefficient (Wildman–Crippen LogP) is 6.72. The summed E-state index contributed by atoms with van der Waals surface area (Å²) < 4.78 is 36.0. The molecule has 1 heterocycles. The molecule has 0 unspecified atom stereocenters. The van der Waals surface area contributed by atoms with Crippen LogP contribution in [0.3, 0.4) is 0 Å². The average Bonchev–Trinajstić information content (AvgIpc) is 2.72. The van der Waals surface area contributed by atoms with Crippen LogP contribution in [0.25, 0.3) is 10.9 Å². The summed E-state index contributed by atoms with van der Waals surface area (Å²) in [5.41, 5.74) is 4.66. The number of ether oxygens (including phenoxy) is 1. The number of hydrogen-bond acceptors (Lipinski definition) is 4. The number of nitrogens with one attached hydrogen (secondary N) is 1. The minimum absolute atomic E-state index is 0.0557. The molecular formula is C26H34N2O3S. The molecule has 0 aliphatic rings. The van der Waals surface area contributed by atoms with Crippen LogP contribution in [0.5, 0.6) is 5.75 Å². The largest absolute Gasteiger partial charge is 0.497 e. The topological polar surface area (TPSA) is 68.3 Å². The maximum absolute atomic E-state index is 13.9. The smallest absolute Gasteiger partial charge is 0.262 e. The fourth-order valence-corrected chi connectivity index (χ4v) is 5.65. The van der Waals surface area contributed by atoms with Crippen molar-refractivity contribution in [1.29, 1.82) is 0 Å². The first-order valence-corrected chi connectivity index (χ1v) is 12.6. The van der Waals surface area contributed by atoms with Gasteiger partial charge in [-0.2, -0.15) is 0 Å². The van der Waals surface area contributed by atoms with Gasteiger partial charge in [0.05, 0.1) is 23.2 Å². The Morgan fingerprint density at radius 1 is 0.875 bits per heavy atom. The third-order valence-corrected chi connectivity index (χ3v) is 7.23. The van der Waals surface area contributed by atoms with Crippen LogP contribution in [0.15, 0.2) is 41.3 Å². The minimum Gasteiger partial charge on any atom is -0.497 e. The van der Waals surface area contributed by atoms with Crippen molar-refractivity contribution in [1.82, 2.24) is 4.98 Å². The van der Waals surface area contributed by atoms with Gasteiger partial charge >= 0.3 is 0 Å². The molecule has 0 aliphatic heterocycles. The Hall–Kier alpha value is -2.60. The van der Waals surface area contributed by atoms with E-state index in [-0.39, 0.29) is 11.8 Å². The Labute approximate surface area is 192 Å². The predicted molar refractivity (Wildman–Crippen MR) is 133 cm³/mol. The fraction of sp³-hybridized carbons (Fsp3) is 0.423. The van der Waals surface area contributed by atoms with E-state index in [0.717, 1.165) is 27.8 Å². The molecule has 2 aromatic carbocycles. The second-order valence-electron chi connectivity index (χ2n) is 9.30. The highest BCUT2D eigenvalue weighted by Crippen LogP contribution is 2.37. The number of aryl methyl sites for hydroxylation is 1. The molecule has 0 fully saturated rings. The number of aromatic nitrogens is 1. The maximum atomic E-state index is 13.9. The number of sulfonamides is 1. The molecule has 0 spiro atoms. The normalized spacial score (nSPS) is 12.2. The van der Waals surface area contributed by atoms with Crippen LogP contribution in [-0.4, -0.2) is 20.5 Å². The molecule has 1 N–H and O–H groups in total. The highest BCUT2D eigenvalue weighted by molar-refractivity contribution is 7.92. The molecule has 0 aliphatic carbocycles. The molecule has 3 aromatic rings. The third kappa shape index (κ3) is 4.75. The molecule has 0 atom stereocenters. The van der Waals surface area contributed by atoms with Crippen LogP contribution < -0.4 is 9.46 Å². The second-order valence-corrected chi connectivity index (χ2v) is 10.9. The molecule has 6 heteroatoms. The molecule has 0 bridgehead atoms. The summed E-state index contributed by atoms with van der Waals surface area (Å²) >= 11 is 0. The van der Waals surface area contributed by atoms with Crippen molar-refractivity contribution in [3.8, 4) is 5.75 Å². The van der Waals surface area contributed by atoms with Crippen LogP contribution in [-0.2, 0) is 10.0 Å². The molecule has 0 saturated heterocycles. The molecule has 0 saturated carbocycles. The monoisotopic (exact) mass is 454 g/mol. The Morgan fingerprint density at radius 2 is 1.47 bits per heavy atom. The van der Waals surface area contributed by atoms with E-state index in [0.29, 0.717) is 27.8 Å². The van der Waals surface area contributed by atoms with Gasteiger partial charge in [0.1, 0.15) is 5.75 Å². The summed E-state index contributed by atoms with van der Waals surface area (Å²) in [5, 5.41) is 0.816. The van der Waals surface area contributed by atoms with Crippen molar-refractivity contribution in [2.24, 2.45) is 0 Å². The number of pyridine rings is 1. The number of rotatable bonds is 7. The van der Waals surface area contributed by atoms with Gasteiger partial charge in [0.15, 0.2) is 0 Å². The van der Waals surface area contributed by atoms with E-state index in [2.05, 4.69) is 23.6 Å². The van der Waals surface area contributed by atoms with E-state index in [1.807, 2.05) is 65.0 Å². The number of benzene rings is 2. The van der Waals surface area contributed by atoms with Gasteiger partial charge in [-0.15, -0.1) is 0 Å². The number of hydrogen-bond donors (Lipinski definition) is 1. The van der Waals surface area contributed by atoms with E-state index >= 15 is 0 Å². The molecule has 172 valence electrons. The van der Waals surface area contributed by atoms with Crippen molar-refractivity contribution < 1.29 is 13.2 Å². The lowest BCUT2D eigenvalue weighted by Gasteiger charge is -2.23. The van der Waals surface area contributed by atoms with Crippen molar-refractivity contribution in [2.75, 3.05) is 11.8 Å². The molecule has 32 heavy (non-hydrogen) atoms. The summed E-state index contributed by atoms with van der Waals surface area (Å²) in [5.74, 6) is 0.994. The maximum Gasteiger partial charge on any atom is 0.262 e. The number of fused-ring (bicyclic) bond motifs is 1. The van der Waals surface area contributed by atoms with Crippen LogP contribution >= 0.6 is 0 Å². The molecule has 5 nitrogen and oxygen atoms in total. The first kappa shape index (κ1) is 24.1. The summed E-state index contributed by atoms with van der Waals surface area (Å²) in [7, 11) is -2.31. The van der Waals surface area contributed by atoms with Crippen LogP contribution in [0.1, 0.15) is 81.7 Å². The third-order valence-electron chi connectivity index (χ3n) is 5.73. The second kappa shape index (κ2) is 9.10. The lowest BCUT2D eigenvalue weighted by molar-refractivity contribution is 0.415. The minimum atomic E-state index is -3.88. The van der Waals surface area contributed by atoms with E-state index in [1.54, 1.807) is 13.2 Å². The first-order chi connectivity index (χ1) is 14.9. The lowest BCUT2D eigenvalue weighted by Crippen LogP contribution is -2.19. The van der Waals surface area contributed by atoms with E-state index in [1.165, 1.54) is 0 Å². The fourth-order valence-electron chi connectivity index (χ4n) is 3.90. The van der Waals surface area contributed by atoms with Crippen molar-refractivity contribution in [2.45, 2.75) is 71.1 Å². The summed E-state index contributed by atoms with van der Waals surface area (Å²) in [4.78, 5) is 4.97. The van der Waals surface area contributed by atoms with E-state index in [4.69, 9.17) is 4.74 Å². The molecule has 0 radical (unpaired) electrons. The number of nitrogens with zero attached hydrogens (tertiary/aromatic N) is 1. The number of methoxy groups -OCH3 is 1. The lowest BCUT2D eigenvalue weighted by atomic mass is 9.89. The van der Waals surface area contributed by atoms with Crippen molar-refractivity contribution in [3.63, 3.8) is 0 Å².